The van der Waals surface area contributed by atoms with Crippen molar-refractivity contribution < 1.29 is 14.3 Å². The van der Waals surface area contributed by atoms with Gasteiger partial charge in [-0.05, 0) is 11.4 Å². The fourth-order valence-electron chi connectivity index (χ4n) is 2.88. The number of hydrogen-bond acceptors (Lipinski definition) is 6. The number of ether oxygens (including phenoxy) is 1. The third-order valence-corrected chi connectivity index (χ3v) is 5.92. The van der Waals surface area contributed by atoms with E-state index in [-0.39, 0.29) is 12.2 Å². The topological polar surface area (TPSA) is 56.3 Å². The number of thiophene rings is 1. The van der Waals surface area contributed by atoms with E-state index in [1.807, 2.05) is 46.5 Å². The molecule has 2 heterocycles. The van der Waals surface area contributed by atoms with Gasteiger partial charge in [-0.1, -0.05) is 60.7 Å². The van der Waals surface area contributed by atoms with Crippen molar-refractivity contribution >= 4 is 34.4 Å². The summed E-state index contributed by atoms with van der Waals surface area (Å²) in [5.74, 6) is -0.729. The van der Waals surface area contributed by atoms with E-state index in [2.05, 4.69) is 4.98 Å². The Balaban J connectivity index is 1.51. The Labute approximate surface area is 176 Å². The average molecular weight is 420 g/mol. The minimum Gasteiger partial charge on any atom is -0.449 e. The fourth-order valence-corrected chi connectivity index (χ4v) is 4.41. The molecule has 1 atom stereocenters. The Morgan fingerprint density at radius 1 is 0.931 bits per heavy atom. The predicted octanol–water partition coefficient (Wildman–Crippen LogP) is 5.58. The summed E-state index contributed by atoms with van der Waals surface area (Å²) in [4.78, 5) is 30.1. The molecular weight excluding hydrogens is 402 g/mol. The monoisotopic (exact) mass is 419 g/mol. The molecule has 1 unspecified atom stereocenters. The molecule has 4 nitrogen and oxygen atoms in total. The number of Topliss-reactive ketones (excluding diaryl/α,β-unsaturated/α-hetero) is 1. The Hall–Kier alpha value is -3.09. The van der Waals surface area contributed by atoms with Crippen LogP contribution in [0.4, 0.5) is 0 Å². The largest absolute Gasteiger partial charge is 0.449 e. The maximum Gasteiger partial charge on any atom is 0.312 e. The first-order chi connectivity index (χ1) is 14.2. The summed E-state index contributed by atoms with van der Waals surface area (Å²) in [5, 5.41) is 6.73. The van der Waals surface area contributed by atoms with Crippen LogP contribution in [0.5, 0.6) is 0 Å². The van der Waals surface area contributed by atoms with Gasteiger partial charge in [0.05, 0.1) is 12.1 Å². The van der Waals surface area contributed by atoms with E-state index in [4.69, 9.17) is 4.74 Å². The maximum atomic E-state index is 13.0. The molecule has 2 aromatic carbocycles. The molecule has 0 aliphatic carbocycles. The second-order valence-electron chi connectivity index (χ2n) is 6.34. The number of ketones is 1. The number of rotatable bonds is 7. The summed E-state index contributed by atoms with van der Waals surface area (Å²) in [6.07, 6.45) is -0.965. The number of hydrogen-bond donors (Lipinski definition) is 0. The van der Waals surface area contributed by atoms with Gasteiger partial charge >= 0.3 is 5.97 Å². The van der Waals surface area contributed by atoms with E-state index in [1.165, 1.54) is 11.3 Å². The van der Waals surface area contributed by atoms with Crippen LogP contribution in [0.15, 0.2) is 82.9 Å². The molecular formula is C23H17NO3S2. The van der Waals surface area contributed by atoms with Crippen molar-refractivity contribution in [2.24, 2.45) is 0 Å². The smallest absolute Gasteiger partial charge is 0.312 e. The van der Waals surface area contributed by atoms with Crippen molar-refractivity contribution in [2.75, 3.05) is 0 Å². The fraction of sp³-hybridized carbons (Fsp3) is 0.0870. The highest BCUT2D eigenvalue weighted by atomic mass is 32.1. The van der Waals surface area contributed by atoms with Crippen molar-refractivity contribution in [2.45, 2.75) is 12.5 Å². The number of thiazole rings is 1. The summed E-state index contributed by atoms with van der Waals surface area (Å²) >= 11 is 3.09. The normalized spacial score (nSPS) is 11.7. The van der Waals surface area contributed by atoms with E-state index in [0.717, 1.165) is 10.6 Å². The summed E-state index contributed by atoms with van der Waals surface area (Å²) in [7, 11) is 0. The van der Waals surface area contributed by atoms with Crippen LogP contribution >= 0.6 is 22.7 Å². The molecule has 2 aromatic heterocycles. The van der Waals surface area contributed by atoms with E-state index in [1.54, 1.807) is 47.7 Å². The molecule has 0 bridgehead atoms. The van der Waals surface area contributed by atoms with Crippen molar-refractivity contribution in [3.05, 3.63) is 99.7 Å². The zero-order valence-electron chi connectivity index (χ0n) is 15.4. The quantitative estimate of drug-likeness (QED) is 0.290. The number of carbonyl (C=O) groups excluding carboxylic acids is 2. The van der Waals surface area contributed by atoms with E-state index < -0.39 is 12.1 Å². The van der Waals surface area contributed by atoms with Gasteiger partial charge in [0.1, 0.15) is 5.01 Å². The van der Waals surface area contributed by atoms with Crippen molar-refractivity contribution in [3.8, 4) is 10.6 Å². The van der Waals surface area contributed by atoms with Gasteiger partial charge in [0.15, 0.2) is 6.10 Å². The third kappa shape index (κ3) is 4.67. The van der Waals surface area contributed by atoms with Crippen LogP contribution in [0.25, 0.3) is 10.6 Å². The van der Waals surface area contributed by atoms with Crippen LogP contribution in [0.3, 0.4) is 0 Å². The lowest BCUT2D eigenvalue weighted by Crippen LogP contribution is -2.21. The first kappa shape index (κ1) is 19.2. The van der Waals surface area contributed by atoms with Crippen molar-refractivity contribution in [1.82, 2.24) is 4.98 Å². The standard InChI is InChI=1S/C23H17NO3S2/c25-20(13-19-15-29-23(24-19)18-11-12-28-14-18)27-22(17-9-5-2-6-10-17)21(26)16-7-3-1-4-8-16/h1-12,14-15,22H,13H2. The van der Waals surface area contributed by atoms with Gasteiger partial charge in [-0.25, -0.2) is 4.98 Å². The van der Waals surface area contributed by atoms with Gasteiger partial charge in [0, 0.05) is 27.5 Å². The molecule has 0 amide bonds. The lowest BCUT2D eigenvalue weighted by atomic mass is 10.00. The molecule has 4 aromatic rings. The average Bonchev–Trinajstić information content (AvgIpc) is 3.45. The molecule has 4 rings (SSSR count). The predicted molar refractivity (Wildman–Crippen MR) is 115 cm³/mol. The molecule has 0 aliphatic rings. The Morgan fingerprint density at radius 3 is 2.34 bits per heavy atom. The van der Waals surface area contributed by atoms with E-state index in [9.17, 15) is 9.59 Å². The van der Waals surface area contributed by atoms with Gasteiger partial charge in [-0.3, -0.25) is 9.59 Å². The number of aromatic nitrogens is 1. The second kappa shape index (κ2) is 8.94. The Morgan fingerprint density at radius 2 is 1.66 bits per heavy atom. The number of esters is 1. The zero-order valence-corrected chi connectivity index (χ0v) is 17.0. The lowest BCUT2D eigenvalue weighted by Gasteiger charge is -2.17. The molecule has 0 N–H and O–H groups in total. The van der Waals surface area contributed by atoms with E-state index >= 15 is 0 Å². The SMILES string of the molecule is O=C(Cc1csc(-c2ccsc2)n1)OC(C(=O)c1ccccc1)c1ccccc1. The molecule has 29 heavy (non-hydrogen) atoms. The highest BCUT2D eigenvalue weighted by molar-refractivity contribution is 7.14. The minimum absolute atomic E-state index is 0.0199. The highest BCUT2D eigenvalue weighted by Crippen LogP contribution is 2.27. The van der Waals surface area contributed by atoms with Crippen LogP contribution in [0.2, 0.25) is 0 Å². The molecule has 144 valence electrons. The maximum absolute atomic E-state index is 13.0. The van der Waals surface area contributed by atoms with Gasteiger partial charge in [0.25, 0.3) is 0 Å². The third-order valence-electron chi connectivity index (χ3n) is 4.29. The zero-order chi connectivity index (χ0) is 20.1. The van der Waals surface area contributed by atoms with Gasteiger partial charge in [0.2, 0.25) is 5.78 Å². The van der Waals surface area contributed by atoms with Crippen molar-refractivity contribution in [1.29, 1.82) is 0 Å². The van der Waals surface area contributed by atoms with Gasteiger partial charge in [-0.15, -0.1) is 11.3 Å². The first-order valence-corrected chi connectivity index (χ1v) is 10.8. The molecule has 0 aliphatic heterocycles. The lowest BCUT2D eigenvalue weighted by molar-refractivity contribution is -0.146. The minimum atomic E-state index is -0.985. The van der Waals surface area contributed by atoms with Crippen LogP contribution in [0.1, 0.15) is 27.7 Å². The number of benzene rings is 2. The highest BCUT2D eigenvalue weighted by Gasteiger charge is 2.26. The second-order valence-corrected chi connectivity index (χ2v) is 7.98. The Kier molecular flexibility index (Phi) is 5.93. The van der Waals surface area contributed by atoms with Crippen molar-refractivity contribution in [3.63, 3.8) is 0 Å². The van der Waals surface area contributed by atoms with Crippen LogP contribution < -0.4 is 0 Å². The molecule has 0 saturated heterocycles. The molecule has 0 saturated carbocycles. The summed E-state index contributed by atoms with van der Waals surface area (Å²) in [6.45, 7) is 0. The summed E-state index contributed by atoms with van der Waals surface area (Å²) in [6, 6.07) is 19.9. The van der Waals surface area contributed by atoms with E-state index in [0.29, 0.717) is 16.8 Å². The summed E-state index contributed by atoms with van der Waals surface area (Å²) in [5.41, 5.74) is 2.83. The number of carbonyl (C=O) groups is 2. The first-order valence-electron chi connectivity index (χ1n) is 9.01. The summed E-state index contributed by atoms with van der Waals surface area (Å²) < 4.78 is 5.63. The van der Waals surface area contributed by atoms with Gasteiger partial charge < -0.3 is 4.74 Å². The number of nitrogens with zero attached hydrogens (tertiary/aromatic N) is 1. The molecule has 0 radical (unpaired) electrons. The van der Waals surface area contributed by atoms with Crippen LogP contribution in [-0.2, 0) is 16.0 Å². The van der Waals surface area contributed by atoms with Crippen LogP contribution in [0, 0.1) is 0 Å². The molecule has 0 fully saturated rings. The van der Waals surface area contributed by atoms with Crippen LogP contribution in [-0.4, -0.2) is 16.7 Å². The molecule has 0 spiro atoms. The van der Waals surface area contributed by atoms with Gasteiger partial charge in [-0.2, -0.15) is 11.3 Å². The Bertz CT molecular complexity index is 1090. The molecule has 6 heteroatoms.